The molecule has 0 spiro atoms. The van der Waals surface area contributed by atoms with Crippen LogP contribution in [0.5, 0.6) is 23.0 Å². The maximum Gasteiger partial charge on any atom is 0.343 e. The second-order valence-corrected chi connectivity index (χ2v) is 10.2. The largest absolute Gasteiger partial charge is 0.494 e. The van der Waals surface area contributed by atoms with Crippen LogP contribution in [0.2, 0.25) is 0 Å². The maximum atomic E-state index is 12.7. The zero-order valence-electron chi connectivity index (χ0n) is 24.2. The summed E-state index contributed by atoms with van der Waals surface area (Å²) in [6.07, 6.45) is 2.04. The second-order valence-electron chi connectivity index (χ2n) is 10.2. The van der Waals surface area contributed by atoms with Crippen LogP contribution in [0.25, 0.3) is 0 Å². The fourth-order valence-corrected chi connectivity index (χ4v) is 3.96. The van der Waals surface area contributed by atoms with Gasteiger partial charge in [0.2, 0.25) is 0 Å². The van der Waals surface area contributed by atoms with Gasteiger partial charge in [-0.2, -0.15) is 0 Å². The van der Waals surface area contributed by atoms with Crippen LogP contribution in [0.4, 0.5) is 0 Å². The van der Waals surface area contributed by atoms with E-state index >= 15 is 0 Å². The lowest BCUT2D eigenvalue weighted by Crippen LogP contribution is -2.11. The average Bonchev–Trinajstić information content (AvgIpc) is 3.95. The Bertz CT molecular complexity index is 1330. The van der Waals surface area contributed by atoms with Crippen molar-refractivity contribution in [3.8, 4) is 23.0 Å². The number of benzene rings is 3. The Kier molecular flexibility index (Phi) is 11.0. The Morgan fingerprint density at radius 1 is 0.651 bits per heavy atom. The summed E-state index contributed by atoms with van der Waals surface area (Å²) in [5.41, 5.74) is 1.42. The highest BCUT2D eigenvalue weighted by molar-refractivity contribution is 5.92. The number of hydrogen-bond acceptors (Lipinski definition) is 10. The molecule has 3 aromatic rings. The van der Waals surface area contributed by atoms with Gasteiger partial charge in [-0.1, -0.05) is 0 Å². The van der Waals surface area contributed by atoms with Crippen LogP contribution in [-0.4, -0.2) is 77.0 Å². The van der Waals surface area contributed by atoms with E-state index in [1.807, 2.05) is 0 Å². The third-order valence-corrected chi connectivity index (χ3v) is 6.56. The third-order valence-electron chi connectivity index (χ3n) is 6.56. The van der Waals surface area contributed by atoms with Crippen LogP contribution in [0.1, 0.15) is 39.1 Å². The van der Waals surface area contributed by atoms with Crippen LogP contribution >= 0.6 is 0 Å². The van der Waals surface area contributed by atoms with Gasteiger partial charge in [0.1, 0.15) is 35.2 Å². The molecule has 5 rings (SSSR count). The highest BCUT2D eigenvalue weighted by Crippen LogP contribution is 2.26. The smallest absolute Gasteiger partial charge is 0.343 e. The van der Waals surface area contributed by atoms with Crippen molar-refractivity contribution in [1.82, 2.24) is 0 Å². The summed E-state index contributed by atoms with van der Waals surface area (Å²) >= 11 is 0. The number of rotatable bonds is 18. The maximum absolute atomic E-state index is 12.7. The van der Waals surface area contributed by atoms with E-state index in [0.29, 0.717) is 79.3 Å². The van der Waals surface area contributed by atoms with Crippen molar-refractivity contribution in [1.29, 1.82) is 0 Å². The first-order chi connectivity index (χ1) is 21.0. The zero-order valence-corrected chi connectivity index (χ0v) is 24.2. The van der Waals surface area contributed by atoms with Crippen molar-refractivity contribution >= 4 is 11.9 Å². The molecule has 228 valence electrons. The topological polar surface area (TPSA) is 115 Å². The number of ether oxygens (including phenoxy) is 8. The molecule has 2 aliphatic heterocycles. The molecule has 2 heterocycles. The molecular formula is C33H36O10. The Balaban J connectivity index is 1.02. The summed E-state index contributed by atoms with van der Waals surface area (Å²) in [5.74, 6) is 1.02. The van der Waals surface area contributed by atoms with Gasteiger partial charge in [-0.3, -0.25) is 0 Å². The molecule has 2 unspecified atom stereocenters. The summed E-state index contributed by atoms with van der Waals surface area (Å²) in [6.45, 7) is 6.85. The lowest BCUT2D eigenvalue weighted by Gasteiger charge is -2.11. The van der Waals surface area contributed by atoms with E-state index in [4.69, 9.17) is 37.9 Å². The highest BCUT2D eigenvalue weighted by Gasteiger charge is 2.22. The summed E-state index contributed by atoms with van der Waals surface area (Å²) in [4.78, 5) is 25.3. The molecule has 2 fully saturated rings. The first kappa shape index (κ1) is 30.5. The fourth-order valence-electron chi connectivity index (χ4n) is 3.96. The summed E-state index contributed by atoms with van der Waals surface area (Å²) in [6, 6.07) is 18.3. The quantitative estimate of drug-likeness (QED) is 0.0883. The monoisotopic (exact) mass is 592 g/mol. The second kappa shape index (κ2) is 15.5. The van der Waals surface area contributed by atoms with Crippen LogP contribution in [0.3, 0.4) is 0 Å². The number of carbonyl (C=O) groups is 2. The predicted molar refractivity (Wildman–Crippen MR) is 155 cm³/mol. The molecule has 2 atom stereocenters. The molecule has 2 aliphatic rings. The van der Waals surface area contributed by atoms with Crippen LogP contribution in [0, 0.1) is 6.92 Å². The van der Waals surface area contributed by atoms with Crippen LogP contribution in [0.15, 0.2) is 66.7 Å². The molecule has 0 N–H and O–H groups in total. The van der Waals surface area contributed by atoms with Crippen molar-refractivity contribution in [3.05, 3.63) is 83.4 Å². The molecule has 10 heteroatoms. The first-order valence-electron chi connectivity index (χ1n) is 14.4. The van der Waals surface area contributed by atoms with Gasteiger partial charge in [0.25, 0.3) is 0 Å². The van der Waals surface area contributed by atoms with Gasteiger partial charge in [0, 0.05) is 26.1 Å². The van der Waals surface area contributed by atoms with Gasteiger partial charge >= 0.3 is 11.9 Å². The third kappa shape index (κ3) is 10.4. The van der Waals surface area contributed by atoms with Gasteiger partial charge in [0.15, 0.2) is 0 Å². The summed E-state index contributed by atoms with van der Waals surface area (Å²) < 4.78 is 43.7. The molecule has 2 saturated heterocycles. The van der Waals surface area contributed by atoms with E-state index in [9.17, 15) is 9.59 Å². The fraction of sp³-hybridized carbons (Fsp3) is 0.394. The minimum Gasteiger partial charge on any atom is -0.494 e. The Labute approximate surface area is 250 Å². The predicted octanol–water partition coefficient (Wildman–Crippen LogP) is 4.80. The van der Waals surface area contributed by atoms with Crippen molar-refractivity contribution in [2.24, 2.45) is 0 Å². The molecule has 0 radical (unpaired) electrons. The molecule has 0 aromatic heterocycles. The van der Waals surface area contributed by atoms with E-state index in [1.165, 1.54) is 0 Å². The van der Waals surface area contributed by atoms with Crippen LogP contribution in [-0.2, 0) is 18.9 Å². The minimum atomic E-state index is -0.505. The van der Waals surface area contributed by atoms with E-state index in [2.05, 4.69) is 0 Å². The molecule has 0 aliphatic carbocycles. The van der Waals surface area contributed by atoms with Crippen molar-refractivity contribution in [2.75, 3.05) is 52.9 Å². The number of esters is 2. The highest BCUT2D eigenvalue weighted by atomic mass is 16.6. The number of epoxide rings is 2. The molecule has 3 aromatic carbocycles. The summed E-state index contributed by atoms with van der Waals surface area (Å²) in [5, 5.41) is 0. The lowest BCUT2D eigenvalue weighted by atomic mass is 10.2. The number of aryl methyl sites for hydroxylation is 1. The van der Waals surface area contributed by atoms with E-state index in [0.717, 1.165) is 26.1 Å². The van der Waals surface area contributed by atoms with Crippen molar-refractivity contribution < 1.29 is 47.5 Å². The van der Waals surface area contributed by atoms with Gasteiger partial charge < -0.3 is 37.9 Å². The van der Waals surface area contributed by atoms with Gasteiger partial charge in [0.05, 0.1) is 50.8 Å². The first-order valence-corrected chi connectivity index (χ1v) is 14.4. The van der Waals surface area contributed by atoms with E-state index in [1.54, 1.807) is 73.7 Å². The Morgan fingerprint density at radius 2 is 1.12 bits per heavy atom. The minimum absolute atomic E-state index is 0.261. The van der Waals surface area contributed by atoms with Crippen molar-refractivity contribution in [2.45, 2.75) is 32.0 Å². The standard InChI is InChI=1S/C33H36O10/c1-23-18-28(42-32(34)24-4-8-26(9-5-24)38-16-2-14-36-19-29-21-40-29)12-13-31(23)43-33(35)25-6-10-27(11-7-25)39-17-3-15-37-20-30-22-41-30/h4-13,18,29-30H,2-3,14-17,19-22H2,1H3. The molecule has 0 saturated carbocycles. The molecule has 10 nitrogen and oxygen atoms in total. The van der Waals surface area contributed by atoms with Crippen molar-refractivity contribution in [3.63, 3.8) is 0 Å². The summed E-state index contributed by atoms with van der Waals surface area (Å²) in [7, 11) is 0. The van der Waals surface area contributed by atoms with Gasteiger partial charge in [-0.05, 0) is 79.2 Å². The molecule has 43 heavy (non-hydrogen) atoms. The zero-order chi connectivity index (χ0) is 29.9. The molecule has 0 bridgehead atoms. The lowest BCUT2D eigenvalue weighted by molar-refractivity contribution is 0.0718. The molecular weight excluding hydrogens is 556 g/mol. The SMILES string of the molecule is Cc1cc(OC(=O)c2ccc(OCCCOCC3CO3)cc2)ccc1OC(=O)c1ccc(OCCCOCC2CO2)cc1. The van der Waals surface area contributed by atoms with Gasteiger partial charge in [-0.25, -0.2) is 9.59 Å². The van der Waals surface area contributed by atoms with E-state index < -0.39 is 11.9 Å². The van der Waals surface area contributed by atoms with Crippen LogP contribution < -0.4 is 18.9 Å². The van der Waals surface area contributed by atoms with E-state index in [-0.39, 0.29) is 12.2 Å². The van der Waals surface area contributed by atoms with Gasteiger partial charge in [-0.15, -0.1) is 0 Å². The number of hydrogen-bond donors (Lipinski definition) is 0. The Hall–Kier alpha value is -3.96. The molecule has 0 amide bonds. The normalized spacial score (nSPS) is 16.8. The number of carbonyl (C=O) groups excluding carboxylic acids is 2. The Morgan fingerprint density at radius 3 is 1.58 bits per heavy atom. The average molecular weight is 593 g/mol.